The molecule has 0 aliphatic rings. The van der Waals surface area contributed by atoms with E-state index >= 15 is 0 Å². The van der Waals surface area contributed by atoms with Crippen molar-refractivity contribution in [3.05, 3.63) is 0 Å². The van der Waals surface area contributed by atoms with Crippen molar-refractivity contribution in [2.24, 2.45) is 5.92 Å². The Bertz CT molecular complexity index is 413. The molecule has 0 saturated heterocycles. The predicted molar refractivity (Wildman–Crippen MR) is 170 cm³/mol. The van der Waals surface area contributed by atoms with Crippen molar-refractivity contribution in [2.45, 2.75) is 219 Å². The first-order chi connectivity index (χ1) is 18.7. The molecule has 0 aromatic carbocycles. The second-order valence-electron chi connectivity index (χ2n) is 12.5. The molecule has 0 atom stereocenters. The molecule has 0 aromatic rings. The van der Waals surface area contributed by atoms with Gasteiger partial charge in [0.15, 0.2) is 0 Å². The summed E-state index contributed by atoms with van der Waals surface area (Å²) in [5.74, 6) is -0.653. The third-order valence-electron chi connectivity index (χ3n) is 8.66. The van der Waals surface area contributed by atoms with Crippen LogP contribution in [0.5, 0.6) is 0 Å². The standard InChI is InChI=1S/C36H72O2/c1-3-5-7-9-11-13-15-17-19-21-23-25-27-29-31-33-35(36(37)38)34-32-30-28-26-24-22-20-18-16-14-12-10-8-6-4-2/h35H,3-34H2,1-2H3,(H,37,38). The van der Waals surface area contributed by atoms with Crippen LogP contribution in [0.3, 0.4) is 0 Å². The molecule has 0 amide bonds. The number of aliphatic carboxylic acids is 1. The first-order valence-corrected chi connectivity index (χ1v) is 17.9. The van der Waals surface area contributed by atoms with E-state index in [1.807, 2.05) is 0 Å². The fourth-order valence-corrected chi connectivity index (χ4v) is 5.92. The molecule has 2 nitrogen and oxygen atoms in total. The lowest BCUT2D eigenvalue weighted by atomic mass is 9.94. The van der Waals surface area contributed by atoms with Gasteiger partial charge in [0, 0.05) is 0 Å². The van der Waals surface area contributed by atoms with Crippen molar-refractivity contribution in [3.63, 3.8) is 0 Å². The lowest BCUT2D eigenvalue weighted by Gasteiger charge is -2.12. The fraction of sp³-hybridized carbons (Fsp3) is 0.972. The molecule has 38 heavy (non-hydrogen) atoms. The summed E-state index contributed by atoms with van der Waals surface area (Å²) < 4.78 is 0. The minimum absolute atomic E-state index is 0.0982. The molecule has 0 spiro atoms. The highest BCUT2D eigenvalue weighted by Crippen LogP contribution is 2.20. The molecule has 0 rings (SSSR count). The van der Waals surface area contributed by atoms with Gasteiger partial charge >= 0.3 is 5.97 Å². The second kappa shape index (κ2) is 32.7. The monoisotopic (exact) mass is 537 g/mol. The molecule has 0 aliphatic carbocycles. The molecule has 0 bridgehead atoms. The molecular formula is C36H72O2. The Morgan fingerprint density at radius 1 is 0.368 bits per heavy atom. The maximum absolute atomic E-state index is 11.7. The van der Waals surface area contributed by atoms with Crippen LogP contribution in [0.15, 0.2) is 0 Å². The largest absolute Gasteiger partial charge is 0.481 e. The van der Waals surface area contributed by atoms with Crippen LogP contribution in [-0.2, 0) is 4.79 Å². The molecule has 0 unspecified atom stereocenters. The lowest BCUT2D eigenvalue weighted by molar-refractivity contribution is -0.142. The predicted octanol–water partition coefficient (Wildman–Crippen LogP) is 13.2. The van der Waals surface area contributed by atoms with E-state index in [2.05, 4.69) is 13.8 Å². The summed E-state index contributed by atoms with van der Waals surface area (Å²) in [4.78, 5) is 11.7. The van der Waals surface area contributed by atoms with E-state index < -0.39 is 5.97 Å². The number of hydrogen-bond acceptors (Lipinski definition) is 1. The minimum Gasteiger partial charge on any atom is -0.481 e. The summed E-state index contributed by atoms with van der Waals surface area (Å²) in [5.41, 5.74) is 0. The zero-order valence-electron chi connectivity index (χ0n) is 26.6. The van der Waals surface area contributed by atoms with Crippen molar-refractivity contribution in [1.82, 2.24) is 0 Å². The number of carboxylic acids is 1. The molecule has 0 saturated carbocycles. The molecule has 0 aromatic heterocycles. The SMILES string of the molecule is CCCCCCCCCCCCCCCCCC(CCCCCCCCCCCCCCCCC)C(=O)O. The van der Waals surface area contributed by atoms with Gasteiger partial charge in [0.2, 0.25) is 0 Å². The number of unbranched alkanes of at least 4 members (excludes halogenated alkanes) is 28. The highest BCUT2D eigenvalue weighted by molar-refractivity contribution is 5.69. The summed E-state index contributed by atoms with van der Waals surface area (Å²) >= 11 is 0. The highest BCUT2D eigenvalue weighted by atomic mass is 16.4. The van der Waals surface area contributed by atoms with E-state index in [-0.39, 0.29) is 5.92 Å². The van der Waals surface area contributed by atoms with Gasteiger partial charge in [0.1, 0.15) is 0 Å². The summed E-state index contributed by atoms with van der Waals surface area (Å²) in [7, 11) is 0. The maximum Gasteiger partial charge on any atom is 0.306 e. The van der Waals surface area contributed by atoms with Gasteiger partial charge in [-0.15, -0.1) is 0 Å². The zero-order chi connectivity index (χ0) is 27.8. The third kappa shape index (κ3) is 30.0. The van der Waals surface area contributed by atoms with E-state index in [4.69, 9.17) is 0 Å². The van der Waals surface area contributed by atoms with Crippen LogP contribution in [0.4, 0.5) is 0 Å². The van der Waals surface area contributed by atoms with Crippen LogP contribution in [0, 0.1) is 5.92 Å². The van der Waals surface area contributed by atoms with Crippen LogP contribution in [0.2, 0.25) is 0 Å². The van der Waals surface area contributed by atoms with Gasteiger partial charge in [-0.25, -0.2) is 0 Å². The average molecular weight is 537 g/mol. The number of hydrogen-bond donors (Lipinski definition) is 1. The van der Waals surface area contributed by atoms with Crippen molar-refractivity contribution in [2.75, 3.05) is 0 Å². The molecule has 2 heteroatoms. The van der Waals surface area contributed by atoms with Crippen LogP contribution in [0.1, 0.15) is 219 Å². The number of carbonyl (C=O) groups is 1. The van der Waals surface area contributed by atoms with Gasteiger partial charge in [-0.05, 0) is 12.8 Å². The molecule has 0 radical (unpaired) electrons. The van der Waals surface area contributed by atoms with Gasteiger partial charge in [-0.3, -0.25) is 4.79 Å². The second-order valence-corrected chi connectivity index (χ2v) is 12.5. The van der Waals surface area contributed by atoms with Crippen molar-refractivity contribution in [1.29, 1.82) is 0 Å². The van der Waals surface area contributed by atoms with Crippen LogP contribution in [-0.4, -0.2) is 11.1 Å². The molecular weight excluding hydrogens is 464 g/mol. The Labute approximate surface area is 240 Å². The van der Waals surface area contributed by atoms with E-state index in [0.29, 0.717) is 0 Å². The molecule has 0 heterocycles. The first kappa shape index (κ1) is 37.5. The minimum atomic E-state index is -0.555. The molecule has 0 fully saturated rings. The Hall–Kier alpha value is -0.530. The third-order valence-corrected chi connectivity index (χ3v) is 8.66. The topological polar surface area (TPSA) is 37.3 Å². The van der Waals surface area contributed by atoms with E-state index in [0.717, 1.165) is 25.7 Å². The fourth-order valence-electron chi connectivity index (χ4n) is 5.92. The Balaban J connectivity index is 3.38. The number of rotatable bonds is 33. The highest BCUT2D eigenvalue weighted by Gasteiger charge is 2.16. The average Bonchev–Trinajstić information content (AvgIpc) is 2.91. The first-order valence-electron chi connectivity index (χ1n) is 17.9. The van der Waals surface area contributed by atoms with E-state index in [9.17, 15) is 9.90 Å². The summed E-state index contributed by atoms with van der Waals surface area (Å²) in [6.45, 7) is 4.57. The van der Waals surface area contributed by atoms with Gasteiger partial charge in [-0.2, -0.15) is 0 Å². The van der Waals surface area contributed by atoms with Crippen molar-refractivity contribution in [3.8, 4) is 0 Å². The van der Waals surface area contributed by atoms with Gasteiger partial charge < -0.3 is 5.11 Å². The lowest BCUT2D eigenvalue weighted by Crippen LogP contribution is -2.13. The van der Waals surface area contributed by atoms with Crippen LogP contribution >= 0.6 is 0 Å². The smallest absolute Gasteiger partial charge is 0.306 e. The Kier molecular flexibility index (Phi) is 32.2. The summed E-state index contributed by atoms with van der Waals surface area (Å²) in [6, 6.07) is 0. The molecule has 0 aliphatic heterocycles. The zero-order valence-corrected chi connectivity index (χ0v) is 26.6. The summed E-state index contributed by atoms with van der Waals surface area (Å²) in [6.07, 6.45) is 42.8. The van der Waals surface area contributed by atoms with Crippen molar-refractivity contribution < 1.29 is 9.90 Å². The van der Waals surface area contributed by atoms with Gasteiger partial charge in [0.05, 0.1) is 5.92 Å². The maximum atomic E-state index is 11.7. The molecule has 228 valence electrons. The normalized spacial score (nSPS) is 11.6. The summed E-state index contributed by atoms with van der Waals surface area (Å²) in [5, 5.41) is 9.60. The number of carboxylic acid groups (broad SMARTS) is 1. The van der Waals surface area contributed by atoms with Crippen molar-refractivity contribution >= 4 is 5.97 Å². The van der Waals surface area contributed by atoms with Gasteiger partial charge in [-0.1, -0.05) is 206 Å². The van der Waals surface area contributed by atoms with Crippen LogP contribution in [0.25, 0.3) is 0 Å². The Morgan fingerprint density at radius 2 is 0.553 bits per heavy atom. The van der Waals surface area contributed by atoms with Gasteiger partial charge in [0.25, 0.3) is 0 Å². The Morgan fingerprint density at radius 3 is 0.737 bits per heavy atom. The quantitative estimate of drug-likeness (QED) is 0.0847. The van der Waals surface area contributed by atoms with E-state index in [1.165, 1.54) is 180 Å². The molecule has 1 N–H and O–H groups in total. The van der Waals surface area contributed by atoms with Crippen LogP contribution < -0.4 is 0 Å². The van der Waals surface area contributed by atoms with E-state index in [1.54, 1.807) is 0 Å².